The van der Waals surface area contributed by atoms with Crippen LogP contribution in [0.4, 0.5) is 0 Å². The Kier molecular flexibility index (Phi) is 15.8. The first kappa shape index (κ1) is 21.1. The number of carbonyl (C=O) groups excluding carboxylic acids is 2. The van der Waals surface area contributed by atoms with E-state index in [1.165, 1.54) is 90.0 Å². The van der Waals surface area contributed by atoms with Gasteiger partial charge in [-0.3, -0.25) is 9.59 Å². The highest BCUT2D eigenvalue weighted by Crippen LogP contribution is 2.12. The average Bonchev–Trinajstić information content (AvgIpc) is 2.50. The van der Waals surface area contributed by atoms with Crippen molar-refractivity contribution in [1.82, 2.24) is 0 Å². The van der Waals surface area contributed by atoms with Crippen LogP contribution in [0.5, 0.6) is 0 Å². The Morgan fingerprint density at radius 1 is 0.682 bits per heavy atom. The standard InChI is InChI=1S/C20H36O2/c1-3-4-5-6-7-8-9-10-11-12-13-14-15-16-17-18-20(22)19(2)21/h17-18H,3-16H2,1-2H3. The zero-order valence-electron chi connectivity index (χ0n) is 14.9. The molecule has 128 valence electrons. The molecule has 2 nitrogen and oxygen atoms in total. The van der Waals surface area contributed by atoms with Crippen molar-refractivity contribution in [3.05, 3.63) is 12.2 Å². The van der Waals surface area contributed by atoms with Crippen molar-refractivity contribution in [3.8, 4) is 0 Å². The second-order valence-electron chi connectivity index (χ2n) is 6.35. The van der Waals surface area contributed by atoms with Gasteiger partial charge >= 0.3 is 0 Å². The lowest BCUT2D eigenvalue weighted by Crippen LogP contribution is -2.04. The lowest BCUT2D eigenvalue weighted by molar-refractivity contribution is -0.132. The van der Waals surface area contributed by atoms with Gasteiger partial charge in [0, 0.05) is 6.92 Å². The van der Waals surface area contributed by atoms with Gasteiger partial charge in [-0.05, 0) is 18.9 Å². The Bertz CT molecular complexity index is 305. The second-order valence-corrected chi connectivity index (χ2v) is 6.35. The molecule has 0 unspecified atom stereocenters. The first-order valence-electron chi connectivity index (χ1n) is 9.40. The van der Waals surface area contributed by atoms with E-state index in [1.54, 1.807) is 0 Å². The fourth-order valence-electron chi connectivity index (χ4n) is 2.59. The summed E-state index contributed by atoms with van der Waals surface area (Å²) in [5, 5.41) is 0. The summed E-state index contributed by atoms with van der Waals surface area (Å²) in [7, 11) is 0. The maximum absolute atomic E-state index is 11.0. The van der Waals surface area contributed by atoms with Crippen molar-refractivity contribution in [3.63, 3.8) is 0 Å². The van der Waals surface area contributed by atoms with Gasteiger partial charge in [0.25, 0.3) is 0 Å². The Balaban J connectivity index is 3.14. The van der Waals surface area contributed by atoms with Crippen molar-refractivity contribution in [2.75, 3.05) is 0 Å². The van der Waals surface area contributed by atoms with Crippen molar-refractivity contribution in [2.24, 2.45) is 0 Å². The zero-order chi connectivity index (χ0) is 16.5. The number of Topliss-reactive ketones (excluding diaryl/α,β-unsaturated/α-hetero) is 1. The van der Waals surface area contributed by atoms with E-state index in [0.717, 1.165) is 12.8 Å². The molecule has 0 saturated heterocycles. The SMILES string of the molecule is CCCCCCCCCCCCCCCC=CC(=O)C(C)=O. The van der Waals surface area contributed by atoms with Crippen LogP contribution in [-0.2, 0) is 9.59 Å². The van der Waals surface area contributed by atoms with E-state index in [4.69, 9.17) is 0 Å². The molecular weight excluding hydrogens is 272 g/mol. The van der Waals surface area contributed by atoms with Gasteiger partial charge in [0.1, 0.15) is 0 Å². The highest BCUT2D eigenvalue weighted by Gasteiger charge is 2.00. The maximum Gasteiger partial charge on any atom is 0.220 e. The van der Waals surface area contributed by atoms with Gasteiger partial charge in [0.15, 0.2) is 5.78 Å². The predicted molar refractivity (Wildman–Crippen MR) is 95.1 cm³/mol. The van der Waals surface area contributed by atoms with Gasteiger partial charge in [-0.15, -0.1) is 0 Å². The minimum absolute atomic E-state index is 0.374. The molecule has 0 radical (unpaired) electrons. The Hall–Kier alpha value is -0.920. The molecule has 0 atom stereocenters. The van der Waals surface area contributed by atoms with E-state index in [2.05, 4.69) is 6.92 Å². The van der Waals surface area contributed by atoms with Crippen LogP contribution in [0, 0.1) is 0 Å². The average molecular weight is 309 g/mol. The van der Waals surface area contributed by atoms with Gasteiger partial charge in [0.2, 0.25) is 5.78 Å². The van der Waals surface area contributed by atoms with Gasteiger partial charge in [-0.2, -0.15) is 0 Å². The number of carbonyl (C=O) groups is 2. The molecule has 0 heterocycles. The quantitative estimate of drug-likeness (QED) is 0.194. The van der Waals surface area contributed by atoms with Crippen molar-refractivity contribution in [1.29, 1.82) is 0 Å². The summed E-state index contributed by atoms with van der Waals surface area (Å²) >= 11 is 0. The van der Waals surface area contributed by atoms with Crippen LogP contribution in [0.1, 0.15) is 104 Å². The summed E-state index contributed by atoms with van der Waals surface area (Å²) in [4.78, 5) is 21.8. The van der Waals surface area contributed by atoms with Crippen LogP contribution in [0.25, 0.3) is 0 Å². The van der Waals surface area contributed by atoms with Crippen LogP contribution >= 0.6 is 0 Å². The Morgan fingerprint density at radius 2 is 1.09 bits per heavy atom. The fraction of sp³-hybridized carbons (Fsp3) is 0.800. The van der Waals surface area contributed by atoms with Crippen molar-refractivity contribution < 1.29 is 9.59 Å². The molecule has 22 heavy (non-hydrogen) atoms. The lowest BCUT2D eigenvalue weighted by Gasteiger charge is -2.02. The van der Waals surface area contributed by atoms with Crippen LogP contribution < -0.4 is 0 Å². The van der Waals surface area contributed by atoms with Gasteiger partial charge in [0.05, 0.1) is 0 Å². The summed E-state index contributed by atoms with van der Waals surface area (Å²) in [5.41, 5.74) is 0. The fourth-order valence-corrected chi connectivity index (χ4v) is 2.59. The summed E-state index contributed by atoms with van der Waals surface area (Å²) in [6.07, 6.45) is 21.7. The minimum Gasteiger partial charge on any atom is -0.291 e. The number of ketones is 2. The molecule has 0 fully saturated rings. The molecule has 0 aromatic heterocycles. The summed E-state index contributed by atoms with van der Waals surface area (Å²) in [6, 6.07) is 0. The van der Waals surface area contributed by atoms with E-state index in [-0.39, 0.29) is 11.6 Å². The van der Waals surface area contributed by atoms with Crippen LogP contribution in [0.2, 0.25) is 0 Å². The second kappa shape index (κ2) is 16.5. The molecule has 0 amide bonds. The van der Waals surface area contributed by atoms with Crippen molar-refractivity contribution >= 4 is 11.6 Å². The normalized spacial score (nSPS) is 11.2. The van der Waals surface area contributed by atoms with E-state index in [9.17, 15) is 9.59 Å². The van der Waals surface area contributed by atoms with E-state index < -0.39 is 0 Å². The third-order valence-electron chi connectivity index (χ3n) is 4.09. The third kappa shape index (κ3) is 15.5. The highest BCUT2D eigenvalue weighted by molar-refractivity contribution is 6.40. The Morgan fingerprint density at radius 3 is 1.50 bits per heavy atom. The van der Waals surface area contributed by atoms with Gasteiger partial charge in [-0.25, -0.2) is 0 Å². The largest absolute Gasteiger partial charge is 0.291 e. The topological polar surface area (TPSA) is 34.1 Å². The zero-order valence-corrected chi connectivity index (χ0v) is 14.9. The molecule has 0 aromatic rings. The number of hydrogen-bond donors (Lipinski definition) is 0. The molecule has 0 spiro atoms. The molecular formula is C20H36O2. The van der Waals surface area contributed by atoms with Crippen LogP contribution in [-0.4, -0.2) is 11.6 Å². The van der Waals surface area contributed by atoms with E-state index in [1.807, 2.05) is 6.08 Å². The minimum atomic E-state index is -0.380. The molecule has 0 aliphatic rings. The molecule has 0 aliphatic heterocycles. The Labute approximate surface area is 137 Å². The molecule has 0 aromatic carbocycles. The summed E-state index contributed by atoms with van der Waals surface area (Å²) < 4.78 is 0. The predicted octanol–water partition coefficient (Wildman–Crippen LogP) is 6.18. The first-order chi connectivity index (χ1) is 10.7. The van der Waals surface area contributed by atoms with Crippen LogP contribution in [0.15, 0.2) is 12.2 Å². The highest BCUT2D eigenvalue weighted by atomic mass is 16.2. The first-order valence-corrected chi connectivity index (χ1v) is 9.40. The molecule has 0 bridgehead atoms. The number of hydrogen-bond acceptors (Lipinski definition) is 2. The van der Waals surface area contributed by atoms with Crippen LogP contribution in [0.3, 0.4) is 0 Å². The molecule has 0 N–H and O–H groups in total. The third-order valence-corrected chi connectivity index (χ3v) is 4.09. The maximum atomic E-state index is 11.0. The molecule has 0 rings (SSSR count). The number of rotatable bonds is 16. The monoisotopic (exact) mass is 308 g/mol. The van der Waals surface area contributed by atoms with E-state index >= 15 is 0 Å². The molecule has 2 heteroatoms. The summed E-state index contributed by atoms with van der Waals surface area (Å²) in [6.45, 7) is 3.58. The lowest BCUT2D eigenvalue weighted by atomic mass is 10.0. The number of unbranched alkanes of at least 4 members (excludes halogenated alkanes) is 13. The molecule has 0 aliphatic carbocycles. The van der Waals surface area contributed by atoms with E-state index in [0.29, 0.717) is 0 Å². The van der Waals surface area contributed by atoms with Gasteiger partial charge < -0.3 is 0 Å². The smallest absolute Gasteiger partial charge is 0.220 e. The van der Waals surface area contributed by atoms with Gasteiger partial charge in [-0.1, -0.05) is 90.0 Å². The molecule has 0 saturated carbocycles. The number of allylic oxidation sites excluding steroid dienone is 2. The van der Waals surface area contributed by atoms with Crippen molar-refractivity contribution in [2.45, 2.75) is 104 Å². The summed E-state index contributed by atoms with van der Waals surface area (Å²) in [5.74, 6) is -0.753.